The van der Waals surface area contributed by atoms with Gasteiger partial charge in [-0.05, 0) is 45.0 Å². The first-order chi connectivity index (χ1) is 15.8. The van der Waals surface area contributed by atoms with E-state index in [-0.39, 0.29) is 11.4 Å². The molecule has 0 aliphatic carbocycles. The van der Waals surface area contributed by atoms with E-state index in [2.05, 4.69) is 44.4 Å². The molecule has 33 heavy (non-hydrogen) atoms. The van der Waals surface area contributed by atoms with Crippen LogP contribution in [0.3, 0.4) is 0 Å². The number of rotatable bonds is 3. The number of halogens is 1. The number of carbonyl (C=O) groups excluding carboxylic acids is 1. The number of benzene rings is 2. The SMILES string of the molecule is Cc1ncc2c(N3C[C@@H](C)N[C@@H](C)C3)ccc(C(=O)Nc3cc(F)c4nn(C)cc4c3)c2n1. The molecule has 0 unspecified atom stereocenters. The van der Waals surface area contributed by atoms with E-state index in [0.29, 0.717) is 40.1 Å². The standard InChI is InChI=1S/C24H26FN7O/c1-13-10-32(11-14(2)27-13)21-6-5-18(23-19(21)9-26-15(3)28-23)24(33)29-17-7-16-12-31(4)30-22(16)20(25)8-17/h5-9,12-14,27H,10-11H2,1-4H3,(H,29,33)/t13-,14+. The number of aryl methyl sites for hydroxylation is 2. The molecule has 0 radical (unpaired) electrons. The number of hydrogen-bond donors (Lipinski definition) is 2. The van der Waals surface area contributed by atoms with Gasteiger partial charge < -0.3 is 15.5 Å². The van der Waals surface area contributed by atoms with Crippen molar-refractivity contribution in [2.75, 3.05) is 23.3 Å². The molecule has 4 aromatic rings. The van der Waals surface area contributed by atoms with Crippen molar-refractivity contribution < 1.29 is 9.18 Å². The number of fused-ring (bicyclic) bond motifs is 2. The van der Waals surface area contributed by atoms with Crippen LogP contribution < -0.4 is 15.5 Å². The predicted octanol–water partition coefficient (Wildman–Crippen LogP) is 3.40. The summed E-state index contributed by atoms with van der Waals surface area (Å²) in [6.45, 7) is 7.82. The molecular weight excluding hydrogens is 421 g/mol. The van der Waals surface area contributed by atoms with Crippen LogP contribution in [0.25, 0.3) is 21.8 Å². The first-order valence-electron chi connectivity index (χ1n) is 11.0. The first kappa shape index (κ1) is 21.3. The van der Waals surface area contributed by atoms with Crippen LogP contribution in [0, 0.1) is 12.7 Å². The second-order valence-corrected chi connectivity index (χ2v) is 8.84. The highest BCUT2D eigenvalue weighted by atomic mass is 19.1. The smallest absolute Gasteiger partial charge is 0.257 e. The number of carbonyl (C=O) groups is 1. The molecule has 5 rings (SSSR count). The van der Waals surface area contributed by atoms with Crippen LogP contribution in [-0.2, 0) is 7.05 Å². The van der Waals surface area contributed by atoms with Crippen molar-refractivity contribution >= 4 is 39.1 Å². The molecule has 1 saturated heterocycles. The van der Waals surface area contributed by atoms with Crippen molar-refractivity contribution in [1.82, 2.24) is 25.1 Å². The highest BCUT2D eigenvalue weighted by Crippen LogP contribution is 2.30. The van der Waals surface area contributed by atoms with E-state index in [9.17, 15) is 9.18 Å². The number of nitrogens with one attached hydrogen (secondary N) is 2. The molecule has 2 aromatic carbocycles. The Balaban J connectivity index is 1.53. The molecule has 1 amide bonds. The summed E-state index contributed by atoms with van der Waals surface area (Å²) in [6.07, 6.45) is 3.49. The third-order valence-electron chi connectivity index (χ3n) is 5.93. The monoisotopic (exact) mass is 447 g/mol. The van der Waals surface area contributed by atoms with E-state index in [1.54, 1.807) is 43.2 Å². The second-order valence-electron chi connectivity index (χ2n) is 8.84. The molecule has 2 aromatic heterocycles. The average Bonchev–Trinajstić information content (AvgIpc) is 3.12. The van der Waals surface area contributed by atoms with Crippen LogP contribution in [0.1, 0.15) is 30.0 Å². The normalized spacial score (nSPS) is 18.8. The number of nitrogens with zero attached hydrogens (tertiary/aromatic N) is 5. The molecule has 0 bridgehead atoms. The van der Waals surface area contributed by atoms with E-state index in [0.717, 1.165) is 24.2 Å². The van der Waals surface area contributed by atoms with Crippen molar-refractivity contribution in [3.63, 3.8) is 0 Å². The fourth-order valence-corrected chi connectivity index (χ4v) is 4.66. The number of piperazine rings is 1. The van der Waals surface area contributed by atoms with Gasteiger partial charge in [0, 0.05) is 66.8 Å². The van der Waals surface area contributed by atoms with Gasteiger partial charge in [-0.3, -0.25) is 9.48 Å². The van der Waals surface area contributed by atoms with Crippen LogP contribution in [0.15, 0.2) is 36.7 Å². The Labute approximate surface area is 190 Å². The van der Waals surface area contributed by atoms with Gasteiger partial charge in [-0.2, -0.15) is 5.10 Å². The van der Waals surface area contributed by atoms with Crippen LogP contribution in [0.5, 0.6) is 0 Å². The zero-order valence-electron chi connectivity index (χ0n) is 19.1. The Kier molecular flexibility index (Phi) is 5.20. The molecule has 1 aliphatic rings. The van der Waals surface area contributed by atoms with Gasteiger partial charge >= 0.3 is 0 Å². The highest BCUT2D eigenvalue weighted by Gasteiger charge is 2.24. The number of anilines is 2. The predicted molar refractivity (Wildman–Crippen MR) is 127 cm³/mol. The lowest BCUT2D eigenvalue weighted by atomic mass is 10.0. The lowest BCUT2D eigenvalue weighted by Crippen LogP contribution is -2.54. The summed E-state index contributed by atoms with van der Waals surface area (Å²) < 4.78 is 16.0. The molecule has 170 valence electrons. The third kappa shape index (κ3) is 4.00. The van der Waals surface area contributed by atoms with E-state index in [1.165, 1.54) is 6.07 Å². The molecule has 8 nitrogen and oxygen atoms in total. The summed E-state index contributed by atoms with van der Waals surface area (Å²) in [4.78, 5) is 24.5. The summed E-state index contributed by atoms with van der Waals surface area (Å²) >= 11 is 0. The molecule has 1 aliphatic heterocycles. The maximum absolute atomic E-state index is 14.5. The fourth-order valence-electron chi connectivity index (χ4n) is 4.66. The summed E-state index contributed by atoms with van der Waals surface area (Å²) in [5.41, 5.74) is 2.64. The lowest BCUT2D eigenvalue weighted by Gasteiger charge is -2.38. The minimum Gasteiger partial charge on any atom is -0.368 e. The van der Waals surface area contributed by atoms with E-state index >= 15 is 0 Å². The summed E-state index contributed by atoms with van der Waals surface area (Å²) in [6, 6.07) is 7.42. The van der Waals surface area contributed by atoms with Crippen LogP contribution in [0.4, 0.5) is 15.8 Å². The van der Waals surface area contributed by atoms with Gasteiger partial charge in [0.15, 0.2) is 5.82 Å². The van der Waals surface area contributed by atoms with Crippen LogP contribution in [0.2, 0.25) is 0 Å². The number of aromatic nitrogens is 4. The van der Waals surface area contributed by atoms with Crippen molar-refractivity contribution in [3.05, 3.63) is 53.9 Å². The molecule has 1 fully saturated rings. The average molecular weight is 448 g/mol. The van der Waals surface area contributed by atoms with Crippen molar-refractivity contribution in [1.29, 1.82) is 0 Å². The Bertz CT molecular complexity index is 1370. The molecule has 9 heteroatoms. The molecular formula is C24H26FN7O. The minimum absolute atomic E-state index is 0.271. The largest absolute Gasteiger partial charge is 0.368 e. The van der Waals surface area contributed by atoms with Crippen molar-refractivity contribution in [2.24, 2.45) is 7.05 Å². The van der Waals surface area contributed by atoms with Gasteiger partial charge in [0.1, 0.15) is 11.3 Å². The third-order valence-corrected chi connectivity index (χ3v) is 5.93. The van der Waals surface area contributed by atoms with E-state index < -0.39 is 5.82 Å². The number of amides is 1. The molecule has 2 atom stereocenters. The zero-order valence-corrected chi connectivity index (χ0v) is 19.1. The second kappa shape index (κ2) is 8.08. The summed E-state index contributed by atoms with van der Waals surface area (Å²) in [5, 5.41) is 11.9. The van der Waals surface area contributed by atoms with Crippen LogP contribution >= 0.6 is 0 Å². The quantitative estimate of drug-likeness (QED) is 0.501. The highest BCUT2D eigenvalue weighted by molar-refractivity contribution is 6.14. The molecule has 0 saturated carbocycles. The Morgan fingerprint density at radius 2 is 1.94 bits per heavy atom. The maximum atomic E-state index is 14.5. The van der Waals surface area contributed by atoms with Gasteiger partial charge in [-0.1, -0.05) is 0 Å². The van der Waals surface area contributed by atoms with Gasteiger partial charge in [-0.15, -0.1) is 0 Å². The molecule has 0 spiro atoms. The maximum Gasteiger partial charge on any atom is 0.257 e. The van der Waals surface area contributed by atoms with Crippen LogP contribution in [-0.4, -0.2) is 50.8 Å². The van der Waals surface area contributed by atoms with Gasteiger partial charge in [0.2, 0.25) is 0 Å². The Hall–Kier alpha value is -3.59. The topological polar surface area (TPSA) is 88.0 Å². The lowest BCUT2D eigenvalue weighted by molar-refractivity contribution is 0.102. The zero-order chi connectivity index (χ0) is 23.3. The van der Waals surface area contributed by atoms with E-state index in [1.807, 2.05) is 6.07 Å². The first-order valence-corrected chi connectivity index (χ1v) is 11.0. The summed E-state index contributed by atoms with van der Waals surface area (Å²) in [5.74, 6) is -0.253. The van der Waals surface area contributed by atoms with Gasteiger partial charge in [0.05, 0.1) is 11.1 Å². The Morgan fingerprint density at radius 1 is 1.18 bits per heavy atom. The van der Waals surface area contributed by atoms with Crippen molar-refractivity contribution in [2.45, 2.75) is 32.9 Å². The molecule has 3 heterocycles. The fraction of sp³-hybridized carbons (Fsp3) is 0.333. The van der Waals surface area contributed by atoms with E-state index in [4.69, 9.17) is 0 Å². The Morgan fingerprint density at radius 3 is 2.70 bits per heavy atom. The van der Waals surface area contributed by atoms with Gasteiger partial charge in [-0.25, -0.2) is 14.4 Å². The van der Waals surface area contributed by atoms with Crippen molar-refractivity contribution in [3.8, 4) is 0 Å². The molecule has 2 N–H and O–H groups in total. The summed E-state index contributed by atoms with van der Waals surface area (Å²) in [7, 11) is 1.73. The number of hydrogen-bond acceptors (Lipinski definition) is 6. The minimum atomic E-state index is -0.483. The van der Waals surface area contributed by atoms with Gasteiger partial charge in [0.25, 0.3) is 5.91 Å².